The number of oxazole rings is 1. The Bertz CT molecular complexity index is 343. The van der Waals surface area contributed by atoms with Crippen molar-refractivity contribution < 1.29 is 9.15 Å². The van der Waals surface area contributed by atoms with E-state index >= 15 is 0 Å². The molecule has 0 spiro atoms. The van der Waals surface area contributed by atoms with Gasteiger partial charge in [-0.05, 0) is 26.7 Å². The molecule has 1 saturated carbocycles. The van der Waals surface area contributed by atoms with Crippen LogP contribution in [0.15, 0.2) is 10.6 Å². The molecule has 1 aromatic heterocycles. The Morgan fingerprint density at radius 3 is 2.94 bits per heavy atom. The summed E-state index contributed by atoms with van der Waals surface area (Å²) >= 11 is 0. The Kier molecular flexibility index (Phi) is 3.30. The lowest BCUT2D eigenvalue weighted by Gasteiger charge is -2.20. The quantitative estimate of drug-likeness (QED) is 0.801. The third-order valence-corrected chi connectivity index (χ3v) is 2.87. The molecule has 4 heteroatoms. The SMILES string of the molecule is COC(C)(C)Cc1cnc(CNC2CC2)o1. The molecule has 1 N–H and O–H groups in total. The fourth-order valence-corrected chi connectivity index (χ4v) is 1.52. The molecule has 0 saturated heterocycles. The molecule has 0 radical (unpaired) electrons. The maximum Gasteiger partial charge on any atom is 0.208 e. The summed E-state index contributed by atoms with van der Waals surface area (Å²) < 4.78 is 11.0. The highest BCUT2D eigenvalue weighted by Gasteiger charge is 2.22. The minimum absolute atomic E-state index is 0.194. The summed E-state index contributed by atoms with van der Waals surface area (Å²) in [5.41, 5.74) is -0.194. The van der Waals surface area contributed by atoms with Gasteiger partial charge in [0.15, 0.2) is 0 Å². The van der Waals surface area contributed by atoms with Gasteiger partial charge in [0.05, 0.1) is 18.3 Å². The van der Waals surface area contributed by atoms with Crippen molar-refractivity contribution >= 4 is 0 Å². The lowest BCUT2D eigenvalue weighted by atomic mass is 10.0. The van der Waals surface area contributed by atoms with Crippen molar-refractivity contribution in [2.45, 2.75) is 51.3 Å². The molecule has 2 rings (SSSR count). The zero-order valence-electron chi connectivity index (χ0n) is 10.2. The Morgan fingerprint density at radius 2 is 2.31 bits per heavy atom. The fourth-order valence-electron chi connectivity index (χ4n) is 1.52. The molecular formula is C12H20N2O2. The van der Waals surface area contributed by atoms with Crippen LogP contribution in [0, 0.1) is 0 Å². The van der Waals surface area contributed by atoms with E-state index in [0.29, 0.717) is 6.04 Å². The number of nitrogens with one attached hydrogen (secondary N) is 1. The van der Waals surface area contributed by atoms with Crippen LogP contribution in [-0.4, -0.2) is 23.7 Å². The zero-order valence-corrected chi connectivity index (χ0v) is 10.2. The van der Waals surface area contributed by atoms with Crippen LogP contribution in [0.25, 0.3) is 0 Å². The normalized spacial score (nSPS) is 16.7. The standard InChI is InChI=1S/C12H20N2O2/c1-12(2,15-3)6-10-7-14-11(16-10)8-13-9-4-5-9/h7,9,13H,4-6,8H2,1-3H3. The van der Waals surface area contributed by atoms with Gasteiger partial charge in [-0.2, -0.15) is 0 Å². The van der Waals surface area contributed by atoms with Crippen LogP contribution in [0.3, 0.4) is 0 Å². The van der Waals surface area contributed by atoms with Crippen LogP contribution in [0.2, 0.25) is 0 Å². The second-order valence-electron chi connectivity index (χ2n) is 5.02. The third-order valence-electron chi connectivity index (χ3n) is 2.87. The van der Waals surface area contributed by atoms with Gasteiger partial charge in [-0.1, -0.05) is 0 Å². The summed E-state index contributed by atoms with van der Waals surface area (Å²) in [5.74, 6) is 1.66. The number of hydrogen-bond donors (Lipinski definition) is 1. The summed E-state index contributed by atoms with van der Waals surface area (Å²) in [7, 11) is 1.71. The van der Waals surface area contributed by atoms with Gasteiger partial charge in [0.2, 0.25) is 5.89 Å². The monoisotopic (exact) mass is 224 g/mol. The van der Waals surface area contributed by atoms with Gasteiger partial charge in [0.1, 0.15) is 5.76 Å². The molecule has 0 amide bonds. The van der Waals surface area contributed by atoms with Gasteiger partial charge >= 0.3 is 0 Å². The molecule has 1 aromatic rings. The van der Waals surface area contributed by atoms with Gasteiger partial charge in [0, 0.05) is 19.6 Å². The first-order valence-electron chi connectivity index (χ1n) is 5.81. The number of nitrogens with zero attached hydrogens (tertiary/aromatic N) is 1. The molecule has 0 bridgehead atoms. The molecule has 1 heterocycles. The smallest absolute Gasteiger partial charge is 0.208 e. The molecule has 1 aliphatic carbocycles. The maximum atomic E-state index is 5.65. The average molecular weight is 224 g/mol. The molecular weight excluding hydrogens is 204 g/mol. The van der Waals surface area contributed by atoms with Crippen molar-refractivity contribution in [1.82, 2.24) is 10.3 Å². The Balaban J connectivity index is 1.85. The van der Waals surface area contributed by atoms with Crippen LogP contribution < -0.4 is 5.32 Å². The van der Waals surface area contributed by atoms with Crippen LogP contribution in [0.4, 0.5) is 0 Å². The Morgan fingerprint density at radius 1 is 1.56 bits per heavy atom. The second-order valence-corrected chi connectivity index (χ2v) is 5.02. The lowest BCUT2D eigenvalue weighted by molar-refractivity contribution is 0.0190. The van der Waals surface area contributed by atoms with Crippen molar-refractivity contribution in [2.24, 2.45) is 0 Å². The molecule has 0 aromatic carbocycles. The lowest BCUT2D eigenvalue weighted by Crippen LogP contribution is -2.25. The van der Waals surface area contributed by atoms with Crippen LogP contribution in [-0.2, 0) is 17.7 Å². The Labute approximate surface area is 96.4 Å². The summed E-state index contributed by atoms with van der Waals surface area (Å²) in [5, 5.41) is 3.38. The van der Waals surface area contributed by atoms with E-state index in [4.69, 9.17) is 9.15 Å². The number of hydrogen-bond acceptors (Lipinski definition) is 4. The first-order valence-corrected chi connectivity index (χ1v) is 5.81. The minimum Gasteiger partial charge on any atom is -0.444 e. The van der Waals surface area contributed by atoms with Gasteiger partial charge < -0.3 is 14.5 Å². The summed E-state index contributed by atoms with van der Waals surface area (Å²) in [4.78, 5) is 4.25. The van der Waals surface area contributed by atoms with E-state index in [9.17, 15) is 0 Å². The highest BCUT2D eigenvalue weighted by atomic mass is 16.5. The maximum absolute atomic E-state index is 5.65. The molecule has 90 valence electrons. The van der Waals surface area contributed by atoms with E-state index in [1.165, 1.54) is 12.8 Å². The van der Waals surface area contributed by atoms with Crippen molar-refractivity contribution in [1.29, 1.82) is 0 Å². The van der Waals surface area contributed by atoms with Crippen LogP contribution in [0.1, 0.15) is 38.3 Å². The molecule has 1 fully saturated rings. The molecule has 16 heavy (non-hydrogen) atoms. The predicted octanol–water partition coefficient (Wildman–Crippen LogP) is 1.89. The highest BCUT2D eigenvalue weighted by Crippen LogP contribution is 2.20. The number of aromatic nitrogens is 1. The molecule has 4 nitrogen and oxygen atoms in total. The van der Waals surface area contributed by atoms with E-state index in [1.807, 2.05) is 13.8 Å². The van der Waals surface area contributed by atoms with E-state index in [-0.39, 0.29) is 5.60 Å². The zero-order chi connectivity index (χ0) is 11.6. The predicted molar refractivity (Wildman–Crippen MR) is 61.2 cm³/mol. The molecule has 0 aliphatic heterocycles. The largest absolute Gasteiger partial charge is 0.444 e. The van der Waals surface area contributed by atoms with Gasteiger partial charge in [-0.15, -0.1) is 0 Å². The number of ether oxygens (including phenoxy) is 1. The van der Waals surface area contributed by atoms with E-state index < -0.39 is 0 Å². The molecule has 0 atom stereocenters. The van der Waals surface area contributed by atoms with Gasteiger partial charge in [0.25, 0.3) is 0 Å². The Hall–Kier alpha value is -0.870. The van der Waals surface area contributed by atoms with E-state index in [1.54, 1.807) is 13.3 Å². The van der Waals surface area contributed by atoms with Crippen molar-refractivity contribution in [3.05, 3.63) is 17.8 Å². The van der Waals surface area contributed by atoms with Gasteiger partial charge in [-0.25, -0.2) is 4.98 Å². The molecule has 1 aliphatic rings. The summed E-state index contributed by atoms with van der Waals surface area (Å²) in [6.07, 6.45) is 5.11. The van der Waals surface area contributed by atoms with Crippen LogP contribution >= 0.6 is 0 Å². The highest BCUT2D eigenvalue weighted by molar-refractivity contribution is 4.99. The topological polar surface area (TPSA) is 47.3 Å². The van der Waals surface area contributed by atoms with E-state index in [2.05, 4.69) is 10.3 Å². The molecule has 0 unspecified atom stereocenters. The second kappa shape index (κ2) is 4.55. The van der Waals surface area contributed by atoms with Gasteiger partial charge in [-0.3, -0.25) is 0 Å². The van der Waals surface area contributed by atoms with Crippen LogP contribution in [0.5, 0.6) is 0 Å². The fraction of sp³-hybridized carbons (Fsp3) is 0.750. The van der Waals surface area contributed by atoms with Crippen molar-refractivity contribution in [3.63, 3.8) is 0 Å². The first-order chi connectivity index (χ1) is 7.59. The number of methoxy groups -OCH3 is 1. The summed E-state index contributed by atoms with van der Waals surface area (Å²) in [6, 6.07) is 0.686. The van der Waals surface area contributed by atoms with Crippen molar-refractivity contribution in [3.8, 4) is 0 Å². The first kappa shape index (κ1) is 11.6. The number of rotatable bonds is 6. The average Bonchev–Trinajstić information content (AvgIpc) is 2.97. The summed E-state index contributed by atoms with van der Waals surface area (Å²) in [6.45, 7) is 4.81. The van der Waals surface area contributed by atoms with E-state index in [0.717, 1.165) is 24.6 Å². The van der Waals surface area contributed by atoms with Crippen molar-refractivity contribution in [2.75, 3.05) is 7.11 Å². The minimum atomic E-state index is -0.194. The third kappa shape index (κ3) is 3.32.